The van der Waals surface area contributed by atoms with Crippen LogP contribution in [0.15, 0.2) is 59.6 Å². The molecule has 51 heavy (non-hydrogen) atoms. The topological polar surface area (TPSA) is 132 Å². The van der Waals surface area contributed by atoms with Crippen LogP contribution in [0.3, 0.4) is 0 Å². The van der Waals surface area contributed by atoms with Crippen LogP contribution in [0.1, 0.15) is 78.8 Å². The Labute approximate surface area is 296 Å². The van der Waals surface area contributed by atoms with E-state index in [0.29, 0.717) is 29.1 Å². The maximum Gasteiger partial charge on any atom is 0.264 e. The van der Waals surface area contributed by atoms with E-state index in [1.807, 2.05) is 39.0 Å². The number of amides is 1. The maximum atomic E-state index is 15.6. The highest BCUT2D eigenvalue weighted by Crippen LogP contribution is 2.51. The van der Waals surface area contributed by atoms with Gasteiger partial charge in [-0.3, -0.25) is 4.79 Å². The molecule has 4 heterocycles. The van der Waals surface area contributed by atoms with Crippen LogP contribution in [0.2, 0.25) is 0 Å². The number of halogens is 1. The molecule has 8 rings (SSSR count). The molecule has 11 nitrogen and oxygen atoms in total. The van der Waals surface area contributed by atoms with Crippen LogP contribution in [-0.4, -0.2) is 56.4 Å². The average Bonchev–Trinajstić information content (AvgIpc) is 4.00. The van der Waals surface area contributed by atoms with Crippen molar-refractivity contribution in [1.29, 1.82) is 0 Å². The fraction of sp³-hybridized carbons (Fsp3) is 0.395. The summed E-state index contributed by atoms with van der Waals surface area (Å²) in [5.41, 5.74) is 4.92. The summed E-state index contributed by atoms with van der Waals surface area (Å²) in [6, 6.07) is 13.1. The summed E-state index contributed by atoms with van der Waals surface area (Å²) in [4.78, 5) is 34.6. The molecule has 2 saturated carbocycles. The summed E-state index contributed by atoms with van der Waals surface area (Å²) in [6.45, 7) is 8.29. The molecule has 1 amide bonds. The number of ether oxygens (including phenoxy) is 1. The van der Waals surface area contributed by atoms with Crippen molar-refractivity contribution in [2.24, 2.45) is 12.5 Å². The third-order valence-electron chi connectivity index (χ3n) is 10.8. The van der Waals surface area contributed by atoms with E-state index in [1.54, 1.807) is 34.7 Å². The van der Waals surface area contributed by atoms with Crippen molar-refractivity contribution >= 4 is 33.0 Å². The Bertz CT molecular complexity index is 2330. The van der Waals surface area contributed by atoms with Gasteiger partial charge in [-0.2, -0.15) is 4.98 Å². The van der Waals surface area contributed by atoms with Gasteiger partial charge >= 0.3 is 0 Å². The monoisotopic (exact) mass is 709 g/mol. The first kappa shape index (κ1) is 33.2. The highest BCUT2D eigenvalue weighted by Gasteiger charge is 2.45. The molecule has 5 aromatic rings. The van der Waals surface area contributed by atoms with E-state index in [0.717, 1.165) is 42.4 Å². The second kappa shape index (κ2) is 11.8. The van der Waals surface area contributed by atoms with E-state index >= 15 is 4.39 Å². The molecule has 4 bridgehead atoms. The van der Waals surface area contributed by atoms with Crippen LogP contribution in [0.4, 0.5) is 10.3 Å². The summed E-state index contributed by atoms with van der Waals surface area (Å²) < 4.78 is 53.8. The second-order valence-electron chi connectivity index (χ2n) is 15.0. The molecule has 264 valence electrons. The fourth-order valence-corrected chi connectivity index (χ4v) is 8.33. The predicted molar refractivity (Wildman–Crippen MR) is 190 cm³/mol. The first-order chi connectivity index (χ1) is 24.2. The van der Waals surface area contributed by atoms with Gasteiger partial charge in [-0.25, -0.2) is 32.5 Å². The molecule has 1 aliphatic heterocycles. The Morgan fingerprint density at radius 3 is 2.43 bits per heavy atom. The molecule has 0 saturated heterocycles. The maximum absolute atomic E-state index is 15.6. The zero-order valence-electron chi connectivity index (χ0n) is 29.3. The van der Waals surface area contributed by atoms with E-state index in [9.17, 15) is 13.2 Å². The molecular weight excluding hydrogens is 670 g/mol. The van der Waals surface area contributed by atoms with Crippen molar-refractivity contribution in [3.63, 3.8) is 0 Å². The van der Waals surface area contributed by atoms with Crippen LogP contribution in [-0.2, 0) is 29.0 Å². The summed E-state index contributed by atoms with van der Waals surface area (Å²) in [6.07, 6.45) is 5.96. The SMILES string of the molecule is Cc1cccc(C)c1-c1cc2nc(n1)NS(=O)(=O)c1cccc(c1)C(=O)N(Cc1cnc3c(F)c(C4(C)CC4)n(C)c3n1)[C@H](CC1(C)CC1)CO2. The van der Waals surface area contributed by atoms with Gasteiger partial charge in [-0.05, 0) is 80.7 Å². The summed E-state index contributed by atoms with van der Waals surface area (Å²) in [7, 11) is -2.40. The van der Waals surface area contributed by atoms with E-state index in [-0.39, 0.29) is 63.5 Å². The van der Waals surface area contributed by atoms with Gasteiger partial charge in [0.05, 0.1) is 40.8 Å². The minimum atomic E-state index is -4.21. The number of aryl methyl sites for hydroxylation is 3. The van der Waals surface area contributed by atoms with Gasteiger partial charge in [0.2, 0.25) is 11.8 Å². The number of benzene rings is 2. The molecular formula is C38H40FN7O4S. The van der Waals surface area contributed by atoms with Gasteiger partial charge in [0.15, 0.2) is 11.5 Å². The fourth-order valence-electron chi connectivity index (χ4n) is 7.34. The molecule has 0 unspecified atom stereocenters. The second-order valence-corrected chi connectivity index (χ2v) is 16.7. The lowest BCUT2D eigenvalue weighted by Gasteiger charge is -2.33. The summed E-state index contributed by atoms with van der Waals surface area (Å²) in [5.74, 6) is -0.703. The third-order valence-corrected chi connectivity index (χ3v) is 12.1. The molecule has 2 aromatic carbocycles. The van der Waals surface area contributed by atoms with Gasteiger partial charge in [0, 0.05) is 29.7 Å². The van der Waals surface area contributed by atoms with Crippen LogP contribution >= 0.6 is 0 Å². The predicted octanol–water partition coefficient (Wildman–Crippen LogP) is 6.63. The average molecular weight is 710 g/mol. The molecule has 13 heteroatoms. The molecule has 2 fully saturated rings. The standard InChI is InChI=1S/C38H40FN7O4S/c1-22-8-6-9-23(2)30(22)28-17-29-43-36(42-28)44-51(48,49)27-11-7-10-24(16-27)35(47)46(26(21-50-29)18-37(3)12-13-37)20-25-19-40-32-31(39)33(38(4)14-15-38)45(5)34(32)41-25/h6-11,16-17,19,26H,12-15,18,20-21H2,1-5H3,(H,42,43,44)/t26-/m1/s1. The zero-order valence-corrected chi connectivity index (χ0v) is 30.1. The van der Waals surface area contributed by atoms with Crippen LogP contribution in [0.5, 0.6) is 5.88 Å². The quantitative estimate of drug-likeness (QED) is 0.208. The number of hydrogen-bond donors (Lipinski definition) is 1. The summed E-state index contributed by atoms with van der Waals surface area (Å²) >= 11 is 0. The minimum absolute atomic E-state index is 0.000990. The normalized spacial score (nSPS) is 20.1. The van der Waals surface area contributed by atoms with Crippen molar-refractivity contribution in [2.45, 2.75) is 82.7 Å². The first-order valence-corrected chi connectivity index (χ1v) is 18.7. The molecule has 3 aromatic heterocycles. The van der Waals surface area contributed by atoms with Crippen molar-refractivity contribution in [2.75, 3.05) is 11.3 Å². The Morgan fingerprint density at radius 1 is 1.00 bits per heavy atom. The van der Waals surface area contributed by atoms with Gasteiger partial charge in [-0.1, -0.05) is 38.1 Å². The lowest BCUT2D eigenvalue weighted by atomic mass is 9.97. The van der Waals surface area contributed by atoms with Crippen LogP contribution in [0, 0.1) is 25.1 Å². The molecule has 0 spiro atoms. The van der Waals surface area contributed by atoms with Crippen molar-refractivity contribution in [1.82, 2.24) is 29.4 Å². The number of fused-ring (bicyclic) bond motifs is 5. The number of carbonyl (C=O) groups is 1. The minimum Gasteiger partial charge on any atom is -0.475 e. The van der Waals surface area contributed by atoms with E-state index in [1.165, 1.54) is 18.3 Å². The number of nitrogens with one attached hydrogen (secondary N) is 1. The van der Waals surface area contributed by atoms with Crippen molar-refractivity contribution < 1.29 is 22.3 Å². The van der Waals surface area contributed by atoms with Crippen molar-refractivity contribution in [3.05, 3.63) is 88.6 Å². The molecule has 1 N–H and O–H groups in total. The van der Waals surface area contributed by atoms with Gasteiger partial charge in [0.25, 0.3) is 15.9 Å². The smallest absolute Gasteiger partial charge is 0.264 e. The van der Waals surface area contributed by atoms with E-state index in [2.05, 4.69) is 26.6 Å². The first-order valence-electron chi connectivity index (χ1n) is 17.3. The largest absolute Gasteiger partial charge is 0.475 e. The van der Waals surface area contributed by atoms with Crippen molar-refractivity contribution in [3.8, 4) is 17.1 Å². The van der Waals surface area contributed by atoms with Gasteiger partial charge < -0.3 is 14.2 Å². The van der Waals surface area contributed by atoms with Crippen LogP contribution < -0.4 is 9.46 Å². The number of sulfonamides is 1. The Morgan fingerprint density at radius 2 is 1.73 bits per heavy atom. The molecule has 2 aliphatic carbocycles. The number of hydrogen-bond acceptors (Lipinski definition) is 8. The Kier molecular flexibility index (Phi) is 7.71. The van der Waals surface area contributed by atoms with E-state index < -0.39 is 16.1 Å². The Hall–Kier alpha value is -4.91. The number of rotatable bonds is 6. The summed E-state index contributed by atoms with van der Waals surface area (Å²) in [5, 5.41) is 0. The Balaban J connectivity index is 1.25. The number of aromatic nitrogens is 5. The lowest BCUT2D eigenvalue weighted by Crippen LogP contribution is -2.44. The number of anilines is 1. The highest BCUT2D eigenvalue weighted by atomic mass is 32.2. The van der Waals surface area contributed by atoms with Gasteiger partial charge in [-0.15, -0.1) is 0 Å². The molecule has 0 radical (unpaired) electrons. The van der Waals surface area contributed by atoms with E-state index in [4.69, 9.17) is 9.72 Å². The lowest BCUT2D eigenvalue weighted by molar-refractivity contribution is 0.0537. The van der Waals surface area contributed by atoms with Crippen LogP contribution in [0.25, 0.3) is 22.4 Å². The molecule has 1 atom stereocenters. The number of nitrogens with zero attached hydrogens (tertiary/aromatic N) is 6. The third kappa shape index (κ3) is 6.11. The number of carbonyl (C=O) groups excluding carboxylic acids is 1. The highest BCUT2D eigenvalue weighted by molar-refractivity contribution is 7.92. The molecule has 3 aliphatic rings. The van der Waals surface area contributed by atoms with Gasteiger partial charge in [0.1, 0.15) is 12.1 Å². The zero-order chi connectivity index (χ0) is 35.9.